The van der Waals surface area contributed by atoms with E-state index >= 15 is 0 Å². The first-order valence-electron chi connectivity index (χ1n) is 8.36. The number of rotatable bonds is 4. The Bertz CT molecular complexity index is 470. The van der Waals surface area contributed by atoms with Gasteiger partial charge in [-0.3, -0.25) is 0 Å². The Morgan fingerprint density at radius 2 is 1.95 bits per heavy atom. The lowest BCUT2D eigenvalue weighted by atomic mass is 9.84. The highest BCUT2D eigenvalue weighted by atomic mass is 35.5. The molecule has 1 heterocycles. The molecule has 2 nitrogen and oxygen atoms in total. The second-order valence-corrected chi connectivity index (χ2v) is 7.04. The lowest BCUT2D eigenvalue weighted by Gasteiger charge is -2.26. The zero-order valence-corrected chi connectivity index (χ0v) is 13.7. The van der Waals surface area contributed by atoms with E-state index in [0.29, 0.717) is 12.0 Å². The molecular formula is C18H26ClNO. The number of benzene rings is 1. The summed E-state index contributed by atoms with van der Waals surface area (Å²) in [5, 5.41) is 0.782. The van der Waals surface area contributed by atoms with Gasteiger partial charge < -0.3 is 9.64 Å². The van der Waals surface area contributed by atoms with Gasteiger partial charge in [0.2, 0.25) is 0 Å². The van der Waals surface area contributed by atoms with E-state index in [2.05, 4.69) is 18.0 Å². The minimum atomic E-state index is 0.559. The molecule has 3 heteroatoms. The normalized spacial score (nSPS) is 24.4. The molecule has 116 valence electrons. The Morgan fingerprint density at radius 1 is 1.14 bits per heavy atom. The molecule has 1 aromatic rings. The summed E-state index contributed by atoms with van der Waals surface area (Å²) in [5.41, 5.74) is 1.37. The van der Waals surface area contributed by atoms with Crippen molar-refractivity contribution < 1.29 is 4.74 Å². The fourth-order valence-corrected chi connectivity index (χ4v) is 3.92. The first-order chi connectivity index (χ1) is 10.2. The van der Waals surface area contributed by atoms with Crippen molar-refractivity contribution in [3.8, 4) is 5.75 Å². The summed E-state index contributed by atoms with van der Waals surface area (Å²) >= 11 is 6.19. The van der Waals surface area contributed by atoms with Crippen LogP contribution in [0.25, 0.3) is 0 Å². The molecular weight excluding hydrogens is 282 g/mol. The van der Waals surface area contributed by atoms with Crippen LogP contribution in [0.1, 0.15) is 56.4 Å². The third-order valence-electron chi connectivity index (χ3n) is 5.12. The van der Waals surface area contributed by atoms with Crippen LogP contribution in [0.2, 0.25) is 5.02 Å². The fraction of sp³-hybridized carbons (Fsp3) is 0.667. The van der Waals surface area contributed by atoms with Gasteiger partial charge in [0.1, 0.15) is 12.4 Å². The van der Waals surface area contributed by atoms with Crippen molar-refractivity contribution in [2.24, 2.45) is 0 Å². The third kappa shape index (κ3) is 3.73. The van der Waals surface area contributed by atoms with Crippen LogP contribution < -0.4 is 4.74 Å². The van der Waals surface area contributed by atoms with E-state index in [1.54, 1.807) is 0 Å². The number of hydrogen-bond donors (Lipinski definition) is 0. The molecule has 21 heavy (non-hydrogen) atoms. The monoisotopic (exact) mass is 307 g/mol. The predicted octanol–water partition coefficient (Wildman–Crippen LogP) is 4.86. The maximum atomic E-state index is 6.20. The summed E-state index contributed by atoms with van der Waals surface area (Å²) in [6.07, 6.45) is 9.19. The number of nitrogens with zero attached hydrogens (tertiary/aromatic N) is 1. The zero-order valence-electron chi connectivity index (χ0n) is 13.0. The summed E-state index contributed by atoms with van der Waals surface area (Å²) in [4.78, 5) is 2.41. The van der Waals surface area contributed by atoms with Crippen LogP contribution >= 0.6 is 11.6 Å². The first-order valence-corrected chi connectivity index (χ1v) is 8.74. The van der Waals surface area contributed by atoms with Crippen LogP contribution in [0, 0.1) is 0 Å². The van der Waals surface area contributed by atoms with E-state index in [9.17, 15) is 0 Å². The lowest BCUT2D eigenvalue weighted by molar-refractivity contribution is 0.196. The van der Waals surface area contributed by atoms with E-state index in [-0.39, 0.29) is 0 Å². The van der Waals surface area contributed by atoms with Crippen LogP contribution in [-0.2, 0) is 0 Å². The summed E-state index contributed by atoms with van der Waals surface area (Å²) < 4.78 is 6.20. The van der Waals surface area contributed by atoms with E-state index < -0.39 is 0 Å². The average molecular weight is 308 g/mol. The van der Waals surface area contributed by atoms with Crippen molar-refractivity contribution in [1.29, 1.82) is 0 Å². The smallest absolute Gasteiger partial charge is 0.124 e. The predicted molar refractivity (Wildman–Crippen MR) is 88.4 cm³/mol. The Balaban J connectivity index is 1.71. The van der Waals surface area contributed by atoms with Crippen LogP contribution in [0.5, 0.6) is 5.75 Å². The maximum absolute atomic E-state index is 6.20. The molecule has 1 atom stereocenters. The van der Waals surface area contributed by atoms with E-state index in [1.165, 1.54) is 57.1 Å². The topological polar surface area (TPSA) is 12.5 Å². The molecule has 0 aromatic heterocycles. The molecule has 0 spiro atoms. The summed E-state index contributed by atoms with van der Waals surface area (Å²) in [5.74, 6) is 1.68. The standard InChI is InChI=1S/C18H26ClNO/c1-20-11-5-8-16(20)13-21-18-12-15(19)9-10-17(18)14-6-3-2-4-7-14/h9-10,12,14,16H,2-8,11,13H2,1H3/t16-/m1/s1. The fourth-order valence-electron chi connectivity index (χ4n) is 3.76. The Labute approximate surface area is 133 Å². The van der Waals surface area contributed by atoms with Gasteiger partial charge in [0.25, 0.3) is 0 Å². The van der Waals surface area contributed by atoms with Crippen LogP contribution in [-0.4, -0.2) is 31.1 Å². The van der Waals surface area contributed by atoms with Crippen LogP contribution in [0.3, 0.4) is 0 Å². The van der Waals surface area contributed by atoms with E-state index in [1.807, 2.05) is 12.1 Å². The molecule has 0 unspecified atom stereocenters. The Hall–Kier alpha value is -0.730. The second-order valence-electron chi connectivity index (χ2n) is 6.60. The van der Waals surface area contributed by atoms with Gasteiger partial charge in [-0.1, -0.05) is 36.9 Å². The van der Waals surface area contributed by atoms with Gasteiger partial charge in [0, 0.05) is 11.1 Å². The Morgan fingerprint density at radius 3 is 2.67 bits per heavy atom. The van der Waals surface area contributed by atoms with E-state index in [0.717, 1.165) is 17.4 Å². The molecule has 0 bridgehead atoms. The molecule has 3 rings (SSSR count). The van der Waals surface area contributed by atoms with E-state index in [4.69, 9.17) is 16.3 Å². The number of likely N-dealkylation sites (N-methyl/N-ethyl adjacent to an activating group) is 1. The molecule has 1 aromatic carbocycles. The summed E-state index contributed by atoms with van der Waals surface area (Å²) in [6, 6.07) is 6.77. The molecule has 1 saturated heterocycles. The molecule has 1 aliphatic carbocycles. The molecule has 1 saturated carbocycles. The highest BCUT2D eigenvalue weighted by Crippen LogP contribution is 2.38. The Kier molecular flexibility index (Phi) is 5.07. The van der Waals surface area contributed by atoms with Gasteiger partial charge >= 0.3 is 0 Å². The maximum Gasteiger partial charge on any atom is 0.124 e. The van der Waals surface area contributed by atoms with Crippen molar-refractivity contribution in [2.75, 3.05) is 20.2 Å². The second kappa shape index (κ2) is 7.02. The largest absolute Gasteiger partial charge is 0.492 e. The van der Waals surface area contributed by atoms with Crippen LogP contribution in [0.15, 0.2) is 18.2 Å². The minimum Gasteiger partial charge on any atom is -0.492 e. The third-order valence-corrected chi connectivity index (χ3v) is 5.36. The lowest BCUT2D eigenvalue weighted by Crippen LogP contribution is -2.30. The van der Waals surface area contributed by atoms with Crippen molar-refractivity contribution in [3.05, 3.63) is 28.8 Å². The van der Waals surface area contributed by atoms with Crippen molar-refractivity contribution in [2.45, 2.75) is 56.9 Å². The van der Waals surface area contributed by atoms with Gasteiger partial charge in [0.05, 0.1) is 0 Å². The summed E-state index contributed by atoms with van der Waals surface area (Å²) in [6.45, 7) is 1.98. The van der Waals surface area contributed by atoms with Gasteiger partial charge in [-0.25, -0.2) is 0 Å². The van der Waals surface area contributed by atoms with Gasteiger partial charge in [-0.2, -0.15) is 0 Å². The summed E-state index contributed by atoms with van der Waals surface area (Å²) in [7, 11) is 2.20. The number of likely N-dealkylation sites (tertiary alicyclic amines) is 1. The van der Waals surface area contributed by atoms with Gasteiger partial charge in [-0.15, -0.1) is 0 Å². The van der Waals surface area contributed by atoms with Crippen molar-refractivity contribution >= 4 is 11.6 Å². The molecule has 0 radical (unpaired) electrons. The highest BCUT2D eigenvalue weighted by Gasteiger charge is 2.23. The SMILES string of the molecule is CN1CCC[C@@H]1COc1cc(Cl)ccc1C1CCCCC1. The van der Waals surface area contributed by atoms with Gasteiger partial charge in [-0.05, 0) is 62.9 Å². The quantitative estimate of drug-likeness (QED) is 0.787. The number of halogens is 1. The van der Waals surface area contributed by atoms with Crippen molar-refractivity contribution in [3.63, 3.8) is 0 Å². The molecule has 2 aliphatic rings. The minimum absolute atomic E-state index is 0.559. The van der Waals surface area contributed by atoms with Crippen molar-refractivity contribution in [1.82, 2.24) is 4.90 Å². The molecule has 1 aliphatic heterocycles. The number of ether oxygens (including phenoxy) is 1. The first kappa shape index (κ1) is 15.2. The average Bonchev–Trinajstić information content (AvgIpc) is 2.91. The molecule has 2 fully saturated rings. The highest BCUT2D eigenvalue weighted by molar-refractivity contribution is 6.30. The molecule has 0 amide bonds. The van der Waals surface area contributed by atoms with Crippen LogP contribution in [0.4, 0.5) is 0 Å². The molecule has 0 N–H and O–H groups in total. The van der Waals surface area contributed by atoms with Gasteiger partial charge in [0.15, 0.2) is 0 Å². The zero-order chi connectivity index (χ0) is 14.7. The number of hydrogen-bond acceptors (Lipinski definition) is 2.